The second kappa shape index (κ2) is 6.74. The van der Waals surface area contributed by atoms with Crippen LogP contribution in [0.3, 0.4) is 0 Å². The molecule has 4 rings (SSSR count). The second-order valence-electron chi connectivity index (χ2n) is 6.75. The lowest BCUT2D eigenvalue weighted by Crippen LogP contribution is -2.47. The van der Waals surface area contributed by atoms with Crippen molar-refractivity contribution in [2.45, 2.75) is 6.92 Å². The number of aryl methyl sites for hydroxylation is 1. The summed E-state index contributed by atoms with van der Waals surface area (Å²) in [6.45, 7) is 5.71. The highest BCUT2D eigenvalue weighted by Gasteiger charge is 2.21. The molecule has 1 aliphatic rings. The average molecular weight is 349 g/mol. The third kappa shape index (κ3) is 3.00. The van der Waals surface area contributed by atoms with E-state index in [1.165, 1.54) is 5.56 Å². The Labute approximate surface area is 153 Å². The lowest BCUT2D eigenvalue weighted by Gasteiger charge is -2.36. The molecule has 0 aliphatic carbocycles. The molecule has 1 aliphatic heterocycles. The van der Waals surface area contributed by atoms with Crippen molar-refractivity contribution in [3.05, 3.63) is 42.4 Å². The fourth-order valence-corrected chi connectivity index (χ4v) is 3.35. The van der Waals surface area contributed by atoms with E-state index >= 15 is 0 Å². The largest absolute Gasteiger partial charge is 0.353 e. The van der Waals surface area contributed by atoms with Crippen LogP contribution in [0.15, 0.2) is 36.8 Å². The van der Waals surface area contributed by atoms with Gasteiger partial charge in [-0.1, -0.05) is 12.1 Å². The summed E-state index contributed by atoms with van der Waals surface area (Å²) in [7, 11) is 3.92. The summed E-state index contributed by atoms with van der Waals surface area (Å²) in [6, 6.07) is 8.25. The minimum Gasteiger partial charge on any atom is -0.353 e. The molecule has 134 valence electrons. The lowest BCUT2D eigenvalue weighted by molar-refractivity contribution is 0.642. The molecular formula is C19H23N7. The molecule has 7 nitrogen and oxygen atoms in total. The number of para-hydroxylation sites is 1. The van der Waals surface area contributed by atoms with Crippen molar-refractivity contribution in [3.8, 4) is 0 Å². The van der Waals surface area contributed by atoms with Crippen LogP contribution in [0, 0.1) is 6.92 Å². The number of hydrogen-bond donors (Lipinski definition) is 0. The summed E-state index contributed by atoms with van der Waals surface area (Å²) in [5, 5.41) is 1.12. The molecular weight excluding hydrogens is 326 g/mol. The van der Waals surface area contributed by atoms with Crippen LogP contribution in [0.5, 0.6) is 0 Å². The molecule has 0 spiro atoms. The Bertz CT molecular complexity index is 917. The van der Waals surface area contributed by atoms with Crippen molar-refractivity contribution in [1.82, 2.24) is 19.9 Å². The van der Waals surface area contributed by atoms with E-state index in [2.05, 4.69) is 54.9 Å². The van der Waals surface area contributed by atoms with Gasteiger partial charge in [0.15, 0.2) is 0 Å². The minimum absolute atomic E-state index is 0.738. The van der Waals surface area contributed by atoms with Crippen LogP contribution in [-0.4, -0.2) is 60.2 Å². The number of anilines is 3. The van der Waals surface area contributed by atoms with Crippen molar-refractivity contribution >= 4 is 28.5 Å². The Morgan fingerprint density at radius 1 is 0.923 bits per heavy atom. The molecule has 7 heteroatoms. The zero-order chi connectivity index (χ0) is 18.1. The molecule has 1 aromatic carbocycles. The van der Waals surface area contributed by atoms with Crippen molar-refractivity contribution in [3.63, 3.8) is 0 Å². The van der Waals surface area contributed by atoms with Gasteiger partial charge >= 0.3 is 0 Å². The van der Waals surface area contributed by atoms with E-state index < -0.39 is 0 Å². The normalized spacial score (nSPS) is 14.7. The van der Waals surface area contributed by atoms with Gasteiger partial charge in [0.05, 0.1) is 5.52 Å². The van der Waals surface area contributed by atoms with Gasteiger partial charge in [-0.2, -0.15) is 4.98 Å². The van der Waals surface area contributed by atoms with Gasteiger partial charge in [-0.05, 0) is 24.6 Å². The van der Waals surface area contributed by atoms with E-state index in [0.29, 0.717) is 0 Å². The van der Waals surface area contributed by atoms with E-state index in [9.17, 15) is 0 Å². The van der Waals surface area contributed by atoms with Gasteiger partial charge in [0.25, 0.3) is 0 Å². The summed E-state index contributed by atoms with van der Waals surface area (Å²) in [5.41, 5.74) is 2.22. The number of hydrogen-bond acceptors (Lipinski definition) is 7. The summed E-state index contributed by atoms with van der Waals surface area (Å²) in [6.07, 6.45) is 3.50. The van der Waals surface area contributed by atoms with Crippen LogP contribution in [0.25, 0.3) is 10.9 Å². The van der Waals surface area contributed by atoms with E-state index in [0.717, 1.165) is 54.7 Å². The Morgan fingerprint density at radius 3 is 2.46 bits per heavy atom. The maximum absolute atomic E-state index is 4.65. The van der Waals surface area contributed by atoms with Gasteiger partial charge in [-0.25, -0.2) is 15.0 Å². The monoisotopic (exact) mass is 349 g/mol. The SMILES string of the molecule is Cc1cccc2c(N3CCN(c4ccnc(N(C)C)n4)CC3)ncnc12. The lowest BCUT2D eigenvalue weighted by atomic mass is 10.1. The molecule has 0 N–H and O–H groups in total. The Balaban J connectivity index is 1.54. The molecule has 0 unspecified atom stereocenters. The maximum atomic E-state index is 4.65. The topological polar surface area (TPSA) is 61.3 Å². The van der Waals surface area contributed by atoms with Crippen LogP contribution in [-0.2, 0) is 0 Å². The van der Waals surface area contributed by atoms with Gasteiger partial charge in [0, 0.05) is 51.9 Å². The van der Waals surface area contributed by atoms with Gasteiger partial charge < -0.3 is 14.7 Å². The first-order chi connectivity index (χ1) is 12.6. The minimum atomic E-state index is 0.738. The third-order valence-corrected chi connectivity index (χ3v) is 4.78. The predicted molar refractivity (Wildman–Crippen MR) is 105 cm³/mol. The van der Waals surface area contributed by atoms with E-state index in [4.69, 9.17) is 0 Å². The van der Waals surface area contributed by atoms with Gasteiger partial charge in [0.2, 0.25) is 5.95 Å². The highest BCUT2D eigenvalue weighted by molar-refractivity contribution is 5.91. The van der Waals surface area contributed by atoms with Crippen molar-refractivity contribution in [2.24, 2.45) is 0 Å². The van der Waals surface area contributed by atoms with E-state index in [1.807, 2.05) is 31.3 Å². The van der Waals surface area contributed by atoms with Crippen molar-refractivity contribution in [1.29, 1.82) is 0 Å². The molecule has 0 bridgehead atoms. The van der Waals surface area contributed by atoms with Crippen LogP contribution in [0.1, 0.15) is 5.56 Å². The molecule has 3 aromatic rings. The highest BCUT2D eigenvalue weighted by atomic mass is 15.3. The van der Waals surface area contributed by atoms with Gasteiger partial charge in [-0.3, -0.25) is 0 Å². The van der Waals surface area contributed by atoms with Crippen LogP contribution in [0.4, 0.5) is 17.6 Å². The van der Waals surface area contributed by atoms with Crippen molar-refractivity contribution in [2.75, 3.05) is 55.0 Å². The molecule has 0 radical (unpaired) electrons. The summed E-state index contributed by atoms with van der Waals surface area (Å²) in [5.74, 6) is 2.74. The summed E-state index contributed by atoms with van der Waals surface area (Å²) in [4.78, 5) is 24.5. The quantitative estimate of drug-likeness (QED) is 0.718. The smallest absolute Gasteiger partial charge is 0.226 e. The third-order valence-electron chi connectivity index (χ3n) is 4.78. The van der Waals surface area contributed by atoms with Crippen LogP contribution < -0.4 is 14.7 Å². The Kier molecular flexibility index (Phi) is 4.28. The fraction of sp³-hybridized carbons (Fsp3) is 0.368. The number of rotatable bonds is 3. The van der Waals surface area contributed by atoms with E-state index in [1.54, 1.807) is 6.33 Å². The highest BCUT2D eigenvalue weighted by Crippen LogP contribution is 2.26. The first-order valence-corrected chi connectivity index (χ1v) is 8.84. The predicted octanol–water partition coefficient (Wildman–Crippen LogP) is 2.12. The number of benzene rings is 1. The number of aromatic nitrogens is 4. The van der Waals surface area contributed by atoms with Crippen molar-refractivity contribution < 1.29 is 0 Å². The molecule has 1 fully saturated rings. The van der Waals surface area contributed by atoms with E-state index in [-0.39, 0.29) is 0 Å². The Morgan fingerprint density at radius 2 is 1.69 bits per heavy atom. The maximum Gasteiger partial charge on any atom is 0.226 e. The molecule has 26 heavy (non-hydrogen) atoms. The Hall–Kier alpha value is -2.96. The van der Waals surface area contributed by atoms with Gasteiger partial charge in [0.1, 0.15) is 18.0 Å². The number of nitrogens with zero attached hydrogens (tertiary/aromatic N) is 7. The summed E-state index contributed by atoms with van der Waals surface area (Å²) < 4.78 is 0. The average Bonchev–Trinajstić information content (AvgIpc) is 2.68. The first-order valence-electron chi connectivity index (χ1n) is 8.84. The molecule has 0 saturated carbocycles. The molecule has 0 amide bonds. The number of piperazine rings is 1. The zero-order valence-electron chi connectivity index (χ0n) is 15.4. The zero-order valence-corrected chi connectivity index (χ0v) is 15.4. The number of fused-ring (bicyclic) bond motifs is 1. The van der Waals surface area contributed by atoms with Crippen LogP contribution >= 0.6 is 0 Å². The standard InChI is InChI=1S/C19H23N7/c1-14-5-4-6-15-17(14)21-13-22-18(15)26-11-9-25(10-12-26)16-7-8-20-19(23-16)24(2)3/h4-8,13H,9-12H2,1-3H3. The molecule has 3 heterocycles. The fourth-order valence-electron chi connectivity index (χ4n) is 3.35. The first kappa shape index (κ1) is 16.5. The van der Waals surface area contributed by atoms with Gasteiger partial charge in [-0.15, -0.1) is 0 Å². The molecule has 1 saturated heterocycles. The second-order valence-corrected chi connectivity index (χ2v) is 6.75. The van der Waals surface area contributed by atoms with Crippen LogP contribution in [0.2, 0.25) is 0 Å². The molecule has 2 aromatic heterocycles. The summed E-state index contributed by atoms with van der Waals surface area (Å²) >= 11 is 0. The molecule has 0 atom stereocenters.